The molecule has 1 atom stereocenters. The molecule has 8 heteroatoms. The topological polar surface area (TPSA) is 93.5 Å². The number of nitrogens with zero attached hydrogens (tertiary/aromatic N) is 2. The molecule has 1 aromatic heterocycles. The van der Waals surface area contributed by atoms with Gasteiger partial charge < -0.3 is 15.2 Å². The molecule has 0 aliphatic heterocycles. The molecule has 0 saturated carbocycles. The van der Waals surface area contributed by atoms with Gasteiger partial charge in [0, 0.05) is 25.2 Å². The van der Waals surface area contributed by atoms with E-state index in [9.17, 15) is 14.7 Å². The fourth-order valence-corrected chi connectivity index (χ4v) is 2.41. The second-order valence-corrected chi connectivity index (χ2v) is 5.62. The van der Waals surface area contributed by atoms with Crippen molar-refractivity contribution < 1.29 is 19.4 Å². The molecule has 1 unspecified atom stereocenters. The molecular formula is C16H18ClN3O4. The number of nitrogens with one attached hydrogen (secondary N) is 1. The van der Waals surface area contributed by atoms with E-state index in [2.05, 4.69) is 10.4 Å². The Kier molecular flexibility index (Phi) is 5.94. The summed E-state index contributed by atoms with van der Waals surface area (Å²) < 4.78 is 6.44. The van der Waals surface area contributed by atoms with Gasteiger partial charge in [0.15, 0.2) is 0 Å². The van der Waals surface area contributed by atoms with Gasteiger partial charge in [-0.25, -0.2) is 9.48 Å². The van der Waals surface area contributed by atoms with Crippen molar-refractivity contribution in [1.82, 2.24) is 15.1 Å². The zero-order valence-corrected chi connectivity index (χ0v) is 14.1. The highest BCUT2D eigenvalue weighted by Gasteiger charge is 2.23. The van der Waals surface area contributed by atoms with Gasteiger partial charge in [-0.1, -0.05) is 17.7 Å². The number of aliphatic carboxylic acids is 1. The molecule has 0 saturated heterocycles. The summed E-state index contributed by atoms with van der Waals surface area (Å²) in [5, 5.41) is 16.4. The number of carbonyl (C=O) groups is 2. The van der Waals surface area contributed by atoms with Gasteiger partial charge in [-0.05, 0) is 25.1 Å². The molecule has 0 aliphatic rings. The summed E-state index contributed by atoms with van der Waals surface area (Å²) >= 11 is 5.97. The fourth-order valence-electron chi connectivity index (χ4n) is 2.23. The molecule has 2 aromatic rings. The van der Waals surface area contributed by atoms with E-state index < -0.39 is 17.9 Å². The highest BCUT2D eigenvalue weighted by Crippen LogP contribution is 2.18. The number of rotatable bonds is 7. The summed E-state index contributed by atoms with van der Waals surface area (Å²) in [6.07, 6.45) is 1.58. The van der Waals surface area contributed by atoms with Crippen LogP contribution in [0, 0.1) is 6.92 Å². The average molecular weight is 352 g/mol. The van der Waals surface area contributed by atoms with Crippen molar-refractivity contribution in [3.05, 3.63) is 46.7 Å². The highest BCUT2D eigenvalue weighted by molar-refractivity contribution is 6.30. The van der Waals surface area contributed by atoms with Gasteiger partial charge in [-0.2, -0.15) is 5.10 Å². The number of halogens is 1. The average Bonchev–Trinajstić information content (AvgIpc) is 2.92. The predicted octanol–water partition coefficient (Wildman–Crippen LogP) is 2.05. The number of carboxylic acids is 1. The van der Waals surface area contributed by atoms with Crippen molar-refractivity contribution in [2.75, 3.05) is 13.7 Å². The number of carbonyl (C=O) groups excluding carboxylic acids is 1. The van der Waals surface area contributed by atoms with Gasteiger partial charge in [0.2, 0.25) is 0 Å². The molecule has 2 N–H and O–H groups in total. The van der Waals surface area contributed by atoms with Gasteiger partial charge in [-0.15, -0.1) is 0 Å². The molecular weight excluding hydrogens is 334 g/mol. The summed E-state index contributed by atoms with van der Waals surface area (Å²) in [5.41, 5.74) is 1.61. The molecule has 1 amide bonds. The first-order valence-corrected chi connectivity index (χ1v) is 7.65. The van der Waals surface area contributed by atoms with Crippen LogP contribution in [0.2, 0.25) is 5.02 Å². The third kappa shape index (κ3) is 4.12. The Morgan fingerprint density at radius 3 is 2.83 bits per heavy atom. The minimum absolute atomic E-state index is 0.180. The van der Waals surface area contributed by atoms with E-state index in [-0.39, 0.29) is 13.0 Å². The Morgan fingerprint density at radius 1 is 1.46 bits per heavy atom. The zero-order valence-electron chi connectivity index (χ0n) is 13.3. The molecule has 0 aliphatic carbocycles. The molecule has 0 spiro atoms. The lowest BCUT2D eigenvalue weighted by Crippen LogP contribution is -2.41. The van der Waals surface area contributed by atoms with Crippen LogP contribution in [-0.4, -0.2) is 46.5 Å². The van der Waals surface area contributed by atoms with Crippen molar-refractivity contribution in [3.63, 3.8) is 0 Å². The van der Waals surface area contributed by atoms with E-state index >= 15 is 0 Å². The van der Waals surface area contributed by atoms with E-state index in [1.54, 1.807) is 29.8 Å². The lowest BCUT2D eigenvalue weighted by Gasteiger charge is -2.14. The number of ether oxygens (including phenoxy) is 1. The van der Waals surface area contributed by atoms with E-state index in [1.165, 1.54) is 13.3 Å². The largest absolute Gasteiger partial charge is 0.480 e. The second-order valence-electron chi connectivity index (χ2n) is 5.18. The van der Waals surface area contributed by atoms with Crippen LogP contribution >= 0.6 is 11.6 Å². The number of benzene rings is 1. The summed E-state index contributed by atoms with van der Waals surface area (Å²) in [4.78, 5) is 23.6. The third-order valence-corrected chi connectivity index (χ3v) is 3.76. The van der Waals surface area contributed by atoms with Gasteiger partial charge >= 0.3 is 5.97 Å². The zero-order chi connectivity index (χ0) is 17.7. The van der Waals surface area contributed by atoms with Crippen molar-refractivity contribution in [2.45, 2.75) is 19.4 Å². The predicted molar refractivity (Wildman–Crippen MR) is 88.7 cm³/mol. The third-order valence-electron chi connectivity index (χ3n) is 3.52. The minimum Gasteiger partial charge on any atom is -0.480 e. The molecule has 1 heterocycles. The van der Waals surface area contributed by atoms with Crippen molar-refractivity contribution in [2.24, 2.45) is 0 Å². The van der Waals surface area contributed by atoms with E-state index in [0.717, 1.165) is 0 Å². The number of hydrogen-bond acceptors (Lipinski definition) is 4. The summed E-state index contributed by atoms with van der Waals surface area (Å²) in [5.74, 6) is -1.61. The van der Waals surface area contributed by atoms with Crippen LogP contribution in [0.3, 0.4) is 0 Å². The van der Waals surface area contributed by atoms with E-state index in [1.807, 2.05) is 6.07 Å². The second kappa shape index (κ2) is 7.94. The van der Waals surface area contributed by atoms with E-state index in [4.69, 9.17) is 16.3 Å². The van der Waals surface area contributed by atoms with Gasteiger partial charge in [-0.3, -0.25) is 4.79 Å². The number of methoxy groups -OCH3 is 1. The van der Waals surface area contributed by atoms with Crippen LogP contribution in [0.15, 0.2) is 30.5 Å². The molecule has 24 heavy (non-hydrogen) atoms. The summed E-state index contributed by atoms with van der Waals surface area (Å²) in [6.45, 7) is 1.96. The number of aromatic nitrogens is 2. The Hall–Kier alpha value is -2.38. The van der Waals surface area contributed by atoms with E-state index in [0.29, 0.717) is 22.0 Å². The standard InChI is InChI=1S/C16H18ClN3O4/c1-10-13(15(21)19-14(16(22)23)6-7-24-2)9-18-20(10)12-5-3-4-11(17)8-12/h3-5,8-9,14H,6-7H2,1-2H3,(H,19,21)(H,22,23). The Labute approximate surface area is 144 Å². The van der Waals surface area contributed by atoms with Crippen LogP contribution in [0.1, 0.15) is 22.5 Å². The maximum Gasteiger partial charge on any atom is 0.326 e. The Bertz CT molecular complexity index is 745. The number of hydrogen-bond donors (Lipinski definition) is 2. The fraction of sp³-hybridized carbons (Fsp3) is 0.312. The Morgan fingerprint density at radius 2 is 2.21 bits per heavy atom. The van der Waals surface area contributed by atoms with Crippen LogP contribution < -0.4 is 5.32 Å². The first-order valence-electron chi connectivity index (χ1n) is 7.27. The number of carboxylic acid groups (broad SMARTS) is 1. The lowest BCUT2D eigenvalue weighted by molar-refractivity contribution is -0.139. The molecule has 2 rings (SSSR count). The van der Waals surface area contributed by atoms with Crippen LogP contribution in [0.5, 0.6) is 0 Å². The summed E-state index contributed by atoms with van der Waals surface area (Å²) in [6, 6.07) is 6.04. The maximum atomic E-state index is 12.4. The highest BCUT2D eigenvalue weighted by atomic mass is 35.5. The molecule has 7 nitrogen and oxygen atoms in total. The van der Waals surface area contributed by atoms with Crippen molar-refractivity contribution in [1.29, 1.82) is 0 Å². The minimum atomic E-state index is -1.11. The van der Waals surface area contributed by atoms with Crippen LogP contribution in [-0.2, 0) is 9.53 Å². The summed E-state index contributed by atoms with van der Waals surface area (Å²) in [7, 11) is 1.47. The van der Waals surface area contributed by atoms with Crippen LogP contribution in [0.25, 0.3) is 5.69 Å². The maximum absolute atomic E-state index is 12.4. The number of amides is 1. The SMILES string of the molecule is COCCC(NC(=O)c1cnn(-c2cccc(Cl)c2)c1C)C(=O)O. The van der Waals surface area contributed by atoms with Crippen molar-refractivity contribution >= 4 is 23.5 Å². The van der Waals surface area contributed by atoms with Crippen LogP contribution in [0.4, 0.5) is 0 Å². The first kappa shape index (κ1) is 18.0. The molecule has 128 valence electrons. The van der Waals surface area contributed by atoms with Gasteiger partial charge in [0.05, 0.1) is 23.1 Å². The molecule has 0 radical (unpaired) electrons. The molecule has 0 fully saturated rings. The Balaban J connectivity index is 2.20. The van der Waals surface area contributed by atoms with Gasteiger partial charge in [0.25, 0.3) is 5.91 Å². The quantitative estimate of drug-likeness (QED) is 0.796. The molecule has 0 bridgehead atoms. The molecule has 1 aromatic carbocycles. The first-order chi connectivity index (χ1) is 11.4. The van der Waals surface area contributed by atoms with Gasteiger partial charge in [0.1, 0.15) is 6.04 Å². The smallest absolute Gasteiger partial charge is 0.326 e. The monoisotopic (exact) mass is 351 g/mol. The lowest BCUT2D eigenvalue weighted by atomic mass is 10.2. The van der Waals surface area contributed by atoms with Crippen molar-refractivity contribution in [3.8, 4) is 5.69 Å². The normalized spacial score (nSPS) is 12.0.